The summed E-state index contributed by atoms with van der Waals surface area (Å²) in [6, 6.07) is 0.273. The molecule has 0 saturated heterocycles. The standard InChI is InChI=1S/C6H8FN/c1-5-2-3-6(7)4-8-5/h2-5,8H,1H3. The van der Waals surface area contributed by atoms with Gasteiger partial charge in [-0.05, 0) is 13.0 Å². The Bertz CT molecular complexity index is 137. The molecule has 0 aromatic rings. The third kappa shape index (κ3) is 1.09. The third-order valence-electron chi connectivity index (χ3n) is 1.03. The second-order valence-corrected chi connectivity index (χ2v) is 1.84. The Kier molecular flexibility index (Phi) is 1.33. The van der Waals surface area contributed by atoms with E-state index in [9.17, 15) is 4.39 Å². The molecule has 2 heteroatoms. The van der Waals surface area contributed by atoms with E-state index in [1.165, 1.54) is 12.3 Å². The molecule has 1 unspecified atom stereocenters. The quantitative estimate of drug-likeness (QED) is 0.500. The van der Waals surface area contributed by atoms with Crippen LogP contribution in [0.5, 0.6) is 0 Å². The average Bonchev–Trinajstić information content (AvgIpc) is 1.77. The predicted molar refractivity (Wildman–Crippen MR) is 30.9 cm³/mol. The maximum Gasteiger partial charge on any atom is 0.138 e. The highest BCUT2D eigenvalue weighted by Gasteiger charge is 1.98. The number of dihydropyridines is 1. The predicted octanol–water partition coefficient (Wildman–Crippen LogP) is 1.35. The molecule has 0 aliphatic carbocycles. The van der Waals surface area contributed by atoms with Gasteiger partial charge in [-0.1, -0.05) is 6.08 Å². The summed E-state index contributed by atoms with van der Waals surface area (Å²) >= 11 is 0. The van der Waals surface area contributed by atoms with Crippen molar-refractivity contribution in [3.63, 3.8) is 0 Å². The van der Waals surface area contributed by atoms with Crippen molar-refractivity contribution in [2.45, 2.75) is 13.0 Å². The SMILES string of the molecule is CC1C=CC(F)=CN1. The highest BCUT2D eigenvalue weighted by molar-refractivity contribution is 5.17. The van der Waals surface area contributed by atoms with E-state index in [0.29, 0.717) is 0 Å². The molecule has 8 heavy (non-hydrogen) atoms. The average molecular weight is 113 g/mol. The molecule has 1 atom stereocenters. The first-order valence-corrected chi connectivity index (χ1v) is 2.59. The van der Waals surface area contributed by atoms with Gasteiger partial charge >= 0.3 is 0 Å². The smallest absolute Gasteiger partial charge is 0.138 e. The van der Waals surface area contributed by atoms with Gasteiger partial charge in [-0.25, -0.2) is 4.39 Å². The molecule has 0 radical (unpaired) electrons. The second-order valence-electron chi connectivity index (χ2n) is 1.84. The Morgan fingerprint density at radius 1 is 1.75 bits per heavy atom. The molecule has 1 N–H and O–H groups in total. The van der Waals surface area contributed by atoms with Crippen LogP contribution < -0.4 is 5.32 Å². The summed E-state index contributed by atoms with van der Waals surface area (Å²) < 4.78 is 12.1. The van der Waals surface area contributed by atoms with Crippen molar-refractivity contribution < 1.29 is 4.39 Å². The molecule has 1 nitrogen and oxygen atoms in total. The number of halogens is 1. The van der Waals surface area contributed by atoms with E-state index in [1.54, 1.807) is 6.08 Å². The van der Waals surface area contributed by atoms with Crippen molar-refractivity contribution in [3.05, 3.63) is 24.2 Å². The Morgan fingerprint density at radius 3 is 2.88 bits per heavy atom. The molecule has 0 aromatic heterocycles. The van der Waals surface area contributed by atoms with Crippen molar-refractivity contribution in [1.82, 2.24) is 5.32 Å². The number of nitrogens with one attached hydrogen (secondary N) is 1. The summed E-state index contributed by atoms with van der Waals surface area (Å²) in [7, 11) is 0. The molecular weight excluding hydrogens is 105 g/mol. The van der Waals surface area contributed by atoms with Gasteiger partial charge in [0.25, 0.3) is 0 Å². The van der Waals surface area contributed by atoms with E-state index in [2.05, 4.69) is 5.32 Å². The van der Waals surface area contributed by atoms with Crippen LogP contribution in [-0.2, 0) is 0 Å². The van der Waals surface area contributed by atoms with Gasteiger partial charge in [-0.3, -0.25) is 0 Å². The Balaban J connectivity index is 2.58. The van der Waals surface area contributed by atoms with Gasteiger partial charge in [0.2, 0.25) is 0 Å². The monoisotopic (exact) mass is 113 g/mol. The zero-order chi connectivity index (χ0) is 5.98. The van der Waals surface area contributed by atoms with E-state index in [0.717, 1.165) is 0 Å². The molecule has 1 aliphatic rings. The third-order valence-corrected chi connectivity index (χ3v) is 1.03. The van der Waals surface area contributed by atoms with Crippen LogP contribution in [0.3, 0.4) is 0 Å². The van der Waals surface area contributed by atoms with Crippen LogP contribution in [0.25, 0.3) is 0 Å². The van der Waals surface area contributed by atoms with Crippen LogP contribution in [0.1, 0.15) is 6.92 Å². The molecule has 1 aliphatic heterocycles. The van der Waals surface area contributed by atoms with Crippen LogP contribution in [0.2, 0.25) is 0 Å². The lowest BCUT2D eigenvalue weighted by Crippen LogP contribution is -2.19. The summed E-state index contributed by atoms with van der Waals surface area (Å²) in [5.74, 6) is -0.205. The molecule has 0 saturated carbocycles. The molecule has 44 valence electrons. The molecule has 1 rings (SSSR count). The largest absolute Gasteiger partial charge is 0.383 e. The zero-order valence-electron chi connectivity index (χ0n) is 4.69. The summed E-state index contributed by atoms with van der Waals surface area (Å²) in [5.41, 5.74) is 0. The first kappa shape index (κ1) is 5.35. The molecule has 0 aromatic carbocycles. The summed E-state index contributed by atoms with van der Waals surface area (Å²) in [5, 5.41) is 2.81. The van der Waals surface area contributed by atoms with Crippen molar-refractivity contribution in [1.29, 1.82) is 0 Å². The summed E-state index contributed by atoms with van der Waals surface area (Å²) in [6.45, 7) is 1.96. The Labute approximate surface area is 47.9 Å². The molecular formula is C6H8FN. The fourth-order valence-corrected chi connectivity index (χ4v) is 0.551. The van der Waals surface area contributed by atoms with Gasteiger partial charge in [0, 0.05) is 12.2 Å². The minimum absolute atomic E-state index is 0.205. The minimum Gasteiger partial charge on any atom is -0.383 e. The van der Waals surface area contributed by atoms with Crippen molar-refractivity contribution in [2.75, 3.05) is 0 Å². The van der Waals surface area contributed by atoms with Crippen LogP contribution in [0, 0.1) is 0 Å². The Morgan fingerprint density at radius 2 is 2.50 bits per heavy atom. The second kappa shape index (κ2) is 1.99. The van der Waals surface area contributed by atoms with Gasteiger partial charge in [0.1, 0.15) is 5.83 Å². The van der Waals surface area contributed by atoms with Gasteiger partial charge in [-0.2, -0.15) is 0 Å². The molecule has 0 bridgehead atoms. The number of hydrogen-bond donors (Lipinski definition) is 1. The van der Waals surface area contributed by atoms with Gasteiger partial charge in [-0.15, -0.1) is 0 Å². The van der Waals surface area contributed by atoms with Gasteiger partial charge in [0.15, 0.2) is 0 Å². The minimum atomic E-state index is -0.205. The highest BCUT2D eigenvalue weighted by atomic mass is 19.1. The molecule has 1 heterocycles. The fourth-order valence-electron chi connectivity index (χ4n) is 0.551. The van der Waals surface area contributed by atoms with E-state index in [-0.39, 0.29) is 11.9 Å². The van der Waals surface area contributed by atoms with Crippen LogP contribution in [0.4, 0.5) is 4.39 Å². The fraction of sp³-hybridized carbons (Fsp3) is 0.333. The van der Waals surface area contributed by atoms with Crippen LogP contribution in [0.15, 0.2) is 24.2 Å². The zero-order valence-corrected chi connectivity index (χ0v) is 4.69. The van der Waals surface area contributed by atoms with Crippen LogP contribution >= 0.6 is 0 Å². The number of hydrogen-bond acceptors (Lipinski definition) is 1. The summed E-state index contributed by atoms with van der Waals surface area (Å²) in [4.78, 5) is 0. The maximum atomic E-state index is 12.1. The van der Waals surface area contributed by atoms with Crippen molar-refractivity contribution in [2.24, 2.45) is 0 Å². The maximum absolute atomic E-state index is 12.1. The van der Waals surface area contributed by atoms with E-state index in [4.69, 9.17) is 0 Å². The lowest BCUT2D eigenvalue weighted by molar-refractivity contribution is 0.625. The lowest BCUT2D eigenvalue weighted by Gasteiger charge is -2.08. The van der Waals surface area contributed by atoms with E-state index < -0.39 is 0 Å². The molecule has 0 fully saturated rings. The number of allylic oxidation sites excluding steroid dienone is 2. The van der Waals surface area contributed by atoms with Gasteiger partial charge < -0.3 is 5.32 Å². The van der Waals surface area contributed by atoms with Crippen molar-refractivity contribution >= 4 is 0 Å². The first-order valence-electron chi connectivity index (χ1n) is 2.59. The van der Waals surface area contributed by atoms with Crippen LogP contribution in [-0.4, -0.2) is 6.04 Å². The number of rotatable bonds is 0. The molecule has 0 spiro atoms. The highest BCUT2D eigenvalue weighted by Crippen LogP contribution is 2.02. The summed E-state index contributed by atoms with van der Waals surface area (Å²) in [6.07, 6.45) is 4.60. The molecule has 0 amide bonds. The first-order chi connectivity index (χ1) is 3.79. The lowest BCUT2D eigenvalue weighted by atomic mass is 10.2. The van der Waals surface area contributed by atoms with E-state index >= 15 is 0 Å². The van der Waals surface area contributed by atoms with Gasteiger partial charge in [0.05, 0.1) is 0 Å². The van der Waals surface area contributed by atoms with Crippen molar-refractivity contribution in [3.8, 4) is 0 Å². The Hall–Kier alpha value is -0.790. The topological polar surface area (TPSA) is 12.0 Å². The van der Waals surface area contributed by atoms with E-state index in [1.807, 2.05) is 6.92 Å². The normalized spacial score (nSPS) is 26.8.